The normalized spacial score (nSPS) is 20.3. The second kappa shape index (κ2) is 8.07. The number of nitriles is 1. The van der Waals surface area contributed by atoms with E-state index in [1.165, 1.54) is 6.20 Å². The fourth-order valence-corrected chi connectivity index (χ4v) is 3.59. The van der Waals surface area contributed by atoms with Gasteiger partial charge in [0.05, 0.1) is 11.9 Å². The van der Waals surface area contributed by atoms with Gasteiger partial charge in [-0.1, -0.05) is 27.7 Å². The first kappa shape index (κ1) is 20.0. The van der Waals surface area contributed by atoms with E-state index in [0.717, 1.165) is 17.7 Å². The lowest BCUT2D eigenvalue weighted by molar-refractivity contribution is 0.00449. The Hall–Kier alpha value is -2.79. The summed E-state index contributed by atoms with van der Waals surface area (Å²) in [6.07, 6.45) is 5.72. The third-order valence-electron chi connectivity index (χ3n) is 5.72. The fourth-order valence-electron chi connectivity index (χ4n) is 3.59. The number of anilines is 2. The van der Waals surface area contributed by atoms with Gasteiger partial charge < -0.3 is 15.7 Å². The summed E-state index contributed by atoms with van der Waals surface area (Å²) in [5.41, 5.74) is 2.32. The minimum atomic E-state index is -0.0619. The number of nitrogens with zero attached hydrogens (tertiary/aromatic N) is 5. The minimum absolute atomic E-state index is 0.0619. The summed E-state index contributed by atoms with van der Waals surface area (Å²) in [5, 5.41) is 25.4. The Morgan fingerprint density at radius 2 is 2.11 bits per heavy atom. The van der Waals surface area contributed by atoms with Crippen LogP contribution < -0.4 is 10.6 Å². The summed E-state index contributed by atoms with van der Waals surface area (Å²) in [7, 11) is 0. The molecule has 2 heterocycles. The van der Waals surface area contributed by atoms with Crippen LogP contribution in [-0.4, -0.2) is 37.7 Å². The molecule has 0 spiro atoms. The van der Waals surface area contributed by atoms with Crippen molar-refractivity contribution in [3.8, 4) is 6.07 Å². The van der Waals surface area contributed by atoms with E-state index in [-0.39, 0.29) is 24.0 Å². The number of hydrogen-bond donors (Lipinski definition) is 3. The first-order valence-corrected chi connectivity index (χ1v) is 9.54. The van der Waals surface area contributed by atoms with Crippen molar-refractivity contribution in [1.29, 1.82) is 5.26 Å². The molecule has 1 aliphatic carbocycles. The molecular formula is C20H27N7O. The average Bonchev–Trinajstić information content (AvgIpc) is 2.69. The van der Waals surface area contributed by atoms with Gasteiger partial charge in [-0.25, -0.2) is 15.0 Å². The molecule has 0 unspecified atom stereocenters. The van der Waals surface area contributed by atoms with Crippen molar-refractivity contribution in [2.75, 3.05) is 17.2 Å². The Bertz CT molecular complexity index is 875. The number of hydrogen-bond acceptors (Lipinski definition) is 8. The van der Waals surface area contributed by atoms with Crippen LogP contribution in [0.25, 0.3) is 0 Å². The third kappa shape index (κ3) is 3.90. The molecule has 2 atom stereocenters. The zero-order valence-electron chi connectivity index (χ0n) is 16.8. The molecule has 3 rings (SSSR count). The van der Waals surface area contributed by atoms with E-state index >= 15 is 0 Å². The van der Waals surface area contributed by atoms with Gasteiger partial charge in [0.1, 0.15) is 23.8 Å². The van der Waals surface area contributed by atoms with Gasteiger partial charge in [0.2, 0.25) is 5.95 Å². The van der Waals surface area contributed by atoms with Crippen LogP contribution in [0.4, 0.5) is 11.8 Å². The van der Waals surface area contributed by atoms with E-state index < -0.39 is 0 Å². The zero-order chi connectivity index (χ0) is 20.3. The Morgan fingerprint density at radius 1 is 1.32 bits per heavy atom. The highest BCUT2D eigenvalue weighted by Gasteiger charge is 2.47. The second-order valence-corrected chi connectivity index (χ2v) is 8.14. The maximum Gasteiger partial charge on any atom is 0.224 e. The largest absolute Gasteiger partial charge is 0.396 e. The highest BCUT2D eigenvalue weighted by atomic mass is 16.3. The highest BCUT2D eigenvalue weighted by molar-refractivity contribution is 5.54. The molecule has 1 fully saturated rings. The molecule has 2 aromatic rings. The number of aromatic nitrogens is 4. The van der Waals surface area contributed by atoms with Crippen LogP contribution in [0.5, 0.6) is 0 Å². The second-order valence-electron chi connectivity index (χ2n) is 8.14. The molecule has 28 heavy (non-hydrogen) atoms. The summed E-state index contributed by atoms with van der Waals surface area (Å²) in [4.78, 5) is 17.2. The number of aliphatic hydroxyl groups excluding tert-OH is 1. The van der Waals surface area contributed by atoms with Crippen LogP contribution in [0.1, 0.15) is 56.9 Å². The zero-order valence-corrected chi connectivity index (χ0v) is 16.8. The van der Waals surface area contributed by atoms with Gasteiger partial charge in [-0.3, -0.25) is 0 Å². The first-order valence-electron chi connectivity index (χ1n) is 9.54. The van der Waals surface area contributed by atoms with Gasteiger partial charge in [0.25, 0.3) is 0 Å². The van der Waals surface area contributed by atoms with Gasteiger partial charge >= 0.3 is 0 Å². The van der Waals surface area contributed by atoms with Crippen LogP contribution in [-0.2, 0) is 6.54 Å². The molecular weight excluding hydrogens is 354 g/mol. The summed E-state index contributed by atoms with van der Waals surface area (Å²) in [5.74, 6) is 1.50. The Kier molecular flexibility index (Phi) is 5.75. The molecule has 0 bridgehead atoms. The maximum absolute atomic E-state index is 9.46. The SMILES string of the molecule is CC(C)c1ncncc1CNc1ncc(C#N)c(N[C@H]2C[C@@H](CO)C2(C)C)n1. The van der Waals surface area contributed by atoms with Crippen molar-refractivity contribution in [2.45, 2.75) is 52.6 Å². The summed E-state index contributed by atoms with van der Waals surface area (Å²) >= 11 is 0. The molecule has 1 saturated carbocycles. The average molecular weight is 381 g/mol. The molecule has 0 aliphatic heterocycles. The lowest BCUT2D eigenvalue weighted by Crippen LogP contribution is -2.54. The van der Waals surface area contributed by atoms with Crippen LogP contribution >= 0.6 is 0 Å². The molecule has 0 saturated heterocycles. The molecule has 1 aliphatic rings. The van der Waals surface area contributed by atoms with E-state index in [0.29, 0.717) is 29.8 Å². The van der Waals surface area contributed by atoms with Crippen LogP contribution in [0.2, 0.25) is 0 Å². The molecule has 8 nitrogen and oxygen atoms in total. The maximum atomic E-state index is 9.46. The predicted molar refractivity (Wildman–Crippen MR) is 107 cm³/mol. The van der Waals surface area contributed by atoms with Gasteiger partial charge in [0.15, 0.2) is 0 Å². The van der Waals surface area contributed by atoms with E-state index in [1.807, 2.05) is 0 Å². The molecule has 0 aromatic carbocycles. The van der Waals surface area contributed by atoms with Crippen molar-refractivity contribution >= 4 is 11.8 Å². The molecule has 2 aromatic heterocycles. The topological polar surface area (TPSA) is 120 Å². The van der Waals surface area contributed by atoms with Crippen molar-refractivity contribution in [1.82, 2.24) is 19.9 Å². The van der Waals surface area contributed by atoms with Gasteiger partial charge in [-0.2, -0.15) is 10.2 Å². The Morgan fingerprint density at radius 3 is 2.75 bits per heavy atom. The van der Waals surface area contributed by atoms with Crippen LogP contribution in [0, 0.1) is 22.7 Å². The van der Waals surface area contributed by atoms with Gasteiger partial charge in [-0.15, -0.1) is 0 Å². The van der Waals surface area contributed by atoms with E-state index in [9.17, 15) is 10.4 Å². The quantitative estimate of drug-likeness (QED) is 0.670. The Labute approximate surface area is 165 Å². The highest BCUT2D eigenvalue weighted by Crippen LogP contribution is 2.47. The monoisotopic (exact) mass is 381 g/mol. The third-order valence-corrected chi connectivity index (χ3v) is 5.72. The van der Waals surface area contributed by atoms with Crippen molar-refractivity contribution in [3.05, 3.63) is 35.5 Å². The number of nitrogens with one attached hydrogen (secondary N) is 2. The van der Waals surface area contributed by atoms with Crippen LogP contribution in [0.15, 0.2) is 18.7 Å². The first-order chi connectivity index (χ1) is 13.4. The lowest BCUT2D eigenvalue weighted by Gasteiger charge is -2.52. The van der Waals surface area contributed by atoms with Gasteiger partial charge in [-0.05, 0) is 23.7 Å². The van der Waals surface area contributed by atoms with E-state index in [2.05, 4.69) is 64.3 Å². The molecule has 8 heteroatoms. The molecule has 0 radical (unpaired) electrons. The fraction of sp³-hybridized carbons (Fsp3) is 0.550. The molecule has 3 N–H and O–H groups in total. The molecule has 0 amide bonds. The number of aliphatic hydroxyl groups is 1. The van der Waals surface area contributed by atoms with E-state index in [1.54, 1.807) is 12.5 Å². The van der Waals surface area contributed by atoms with Gasteiger partial charge in [0, 0.05) is 31.0 Å². The minimum Gasteiger partial charge on any atom is -0.396 e. The summed E-state index contributed by atoms with van der Waals surface area (Å²) in [6, 6.07) is 2.29. The predicted octanol–water partition coefficient (Wildman–Crippen LogP) is 2.69. The van der Waals surface area contributed by atoms with Crippen LogP contribution in [0.3, 0.4) is 0 Å². The smallest absolute Gasteiger partial charge is 0.224 e. The standard InChI is InChI=1S/C20H27N7O/c1-12(2)17-14(7-22-11-25-17)9-24-19-23-8-13(6-21)18(27-19)26-16-5-15(10-28)20(16,3)4/h7-8,11-12,15-16,28H,5,9-10H2,1-4H3,(H2,23,24,26,27)/t15-,16-/m0/s1. The Balaban J connectivity index is 1.74. The van der Waals surface area contributed by atoms with E-state index in [4.69, 9.17) is 0 Å². The number of rotatable bonds is 7. The van der Waals surface area contributed by atoms with Crippen molar-refractivity contribution < 1.29 is 5.11 Å². The van der Waals surface area contributed by atoms with Crippen molar-refractivity contribution in [2.24, 2.45) is 11.3 Å². The summed E-state index contributed by atoms with van der Waals surface area (Å²) < 4.78 is 0. The lowest BCUT2D eigenvalue weighted by atomic mass is 9.59. The van der Waals surface area contributed by atoms with Crippen molar-refractivity contribution in [3.63, 3.8) is 0 Å². The summed E-state index contributed by atoms with van der Waals surface area (Å²) in [6.45, 7) is 9.08. The molecule has 148 valence electrons.